The zero-order chi connectivity index (χ0) is 10.1. The monoisotopic (exact) mass is 206 g/mol. The number of phenols is 2. The number of phenolic OH excluding ortho intramolecular Hbond substituents is 2. The molecule has 1 heterocycles. The third-order valence-corrected chi connectivity index (χ3v) is 2.98. The Morgan fingerprint density at radius 2 is 1.64 bits per heavy atom. The Balaban J connectivity index is 2.51. The molecule has 3 heteroatoms. The van der Waals surface area contributed by atoms with Crippen LogP contribution in [0.5, 0.6) is 11.5 Å². The Bertz CT molecular complexity index is 440. The van der Waals surface area contributed by atoms with Gasteiger partial charge >= 0.3 is 0 Å². The quantitative estimate of drug-likeness (QED) is 0.752. The molecule has 72 valence electrons. The topological polar surface area (TPSA) is 40.5 Å². The summed E-state index contributed by atoms with van der Waals surface area (Å²) in [5, 5.41) is 18.6. The maximum Gasteiger partial charge on any atom is 0.119 e. The van der Waals surface area contributed by atoms with Crippen molar-refractivity contribution in [2.45, 2.75) is 6.92 Å². The van der Waals surface area contributed by atoms with E-state index in [1.165, 1.54) is 10.9 Å². The van der Waals surface area contributed by atoms with Crippen molar-refractivity contribution in [3.63, 3.8) is 0 Å². The molecule has 0 fully saturated rings. The third kappa shape index (κ3) is 1.72. The molecule has 0 saturated heterocycles. The molecule has 0 unspecified atom stereocenters. The van der Waals surface area contributed by atoms with E-state index in [-0.39, 0.29) is 11.5 Å². The lowest BCUT2D eigenvalue weighted by Crippen LogP contribution is -1.72. The largest absolute Gasteiger partial charge is 0.508 e. The smallest absolute Gasteiger partial charge is 0.119 e. The molecule has 0 bridgehead atoms. The van der Waals surface area contributed by atoms with Gasteiger partial charge in [-0.2, -0.15) is 0 Å². The van der Waals surface area contributed by atoms with Crippen molar-refractivity contribution in [1.29, 1.82) is 0 Å². The van der Waals surface area contributed by atoms with Crippen molar-refractivity contribution >= 4 is 11.3 Å². The van der Waals surface area contributed by atoms with Gasteiger partial charge in [0.15, 0.2) is 0 Å². The van der Waals surface area contributed by atoms with E-state index in [4.69, 9.17) is 0 Å². The third-order valence-electron chi connectivity index (χ3n) is 1.93. The summed E-state index contributed by atoms with van der Waals surface area (Å²) in [7, 11) is 0. The molecule has 0 amide bonds. The Hall–Kier alpha value is -1.48. The van der Waals surface area contributed by atoms with Crippen LogP contribution >= 0.6 is 11.3 Å². The molecule has 0 aliphatic heterocycles. The van der Waals surface area contributed by atoms with E-state index in [9.17, 15) is 10.2 Å². The molecule has 0 atom stereocenters. The molecule has 2 aromatic rings. The summed E-state index contributed by atoms with van der Waals surface area (Å²) < 4.78 is 0. The van der Waals surface area contributed by atoms with Crippen LogP contribution in [0.4, 0.5) is 0 Å². The maximum atomic E-state index is 9.31. The van der Waals surface area contributed by atoms with E-state index in [0.717, 1.165) is 10.4 Å². The van der Waals surface area contributed by atoms with Gasteiger partial charge in [-0.05, 0) is 36.8 Å². The Kier molecular flexibility index (Phi) is 2.17. The second-order valence-electron chi connectivity index (χ2n) is 3.15. The zero-order valence-electron chi connectivity index (χ0n) is 7.69. The van der Waals surface area contributed by atoms with Crippen LogP contribution in [0.2, 0.25) is 0 Å². The van der Waals surface area contributed by atoms with E-state index in [1.54, 1.807) is 23.5 Å². The first-order valence-corrected chi connectivity index (χ1v) is 5.06. The van der Waals surface area contributed by atoms with Gasteiger partial charge in [0, 0.05) is 15.8 Å². The molecule has 1 aromatic heterocycles. The highest BCUT2D eigenvalue weighted by molar-refractivity contribution is 7.15. The van der Waals surface area contributed by atoms with Gasteiger partial charge in [0.05, 0.1) is 0 Å². The molecule has 2 nitrogen and oxygen atoms in total. The molecular formula is C11H10O2S. The molecule has 0 spiro atoms. The lowest BCUT2D eigenvalue weighted by molar-refractivity contribution is 0.451. The van der Waals surface area contributed by atoms with Gasteiger partial charge in [0.2, 0.25) is 0 Å². The van der Waals surface area contributed by atoms with E-state index in [1.807, 2.05) is 19.1 Å². The SMILES string of the molecule is Cc1ccc(-c2cc(O)cc(O)c2)s1. The lowest BCUT2D eigenvalue weighted by atomic mass is 10.1. The second kappa shape index (κ2) is 3.35. The first-order chi connectivity index (χ1) is 6.65. The lowest BCUT2D eigenvalue weighted by Gasteiger charge is -2.00. The van der Waals surface area contributed by atoms with Crippen LogP contribution < -0.4 is 0 Å². The number of benzene rings is 1. The van der Waals surface area contributed by atoms with Gasteiger partial charge < -0.3 is 10.2 Å². The summed E-state index contributed by atoms with van der Waals surface area (Å²) in [5.74, 6) is 0.178. The van der Waals surface area contributed by atoms with Crippen molar-refractivity contribution in [2.24, 2.45) is 0 Å². The van der Waals surface area contributed by atoms with Crippen molar-refractivity contribution in [1.82, 2.24) is 0 Å². The first-order valence-electron chi connectivity index (χ1n) is 4.25. The second-order valence-corrected chi connectivity index (χ2v) is 4.44. The Morgan fingerprint density at radius 3 is 2.14 bits per heavy atom. The number of aromatic hydroxyl groups is 2. The molecule has 2 N–H and O–H groups in total. The average Bonchev–Trinajstić information content (AvgIpc) is 2.50. The number of aryl methyl sites for hydroxylation is 1. The zero-order valence-corrected chi connectivity index (χ0v) is 8.51. The fraction of sp³-hybridized carbons (Fsp3) is 0.0909. The Morgan fingerprint density at radius 1 is 1.00 bits per heavy atom. The maximum absolute atomic E-state index is 9.31. The van der Waals surface area contributed by atoms with Gasteiger partial charge in [-0.3, -0.25) is 0 Å². The number of rotatable bonds is 1. The van der Waals surface area contributed by atoms with Crippen LogP contribution in [0.15, 0.2) is 30.3 Å². The molecule has 1 aromatic carbocycles. The van der Waals surface area contributed by atoms with Crippen LogP contribution in [0, 0.1) is 6.92 Å². The van der Waals surface area contributed by atoms with Crippen LogP contribution in [-0.4, -0.2) is 10.2 Å². The minimum Gasteiger partial charge on any atom is -0.508 e. The predicted molar refractivity (Wildman–Crippen MR) is 57.8 cm³/mol. The normalized spacial score (nSPS) is 10.4. The van der Waals surface area contributed by atoms with Crippen LogP contribution in [-0.2, 0) is 0 Å². The van der Waals surface area contributed by atoms with Crippen molar-refractivity contribution < 1.29 is 10.2 Å². The fourth-order valence-electron chi connectivity index (χ4n) is 1.33. The highest BCUT2D eigenvalue weighted by Gasteiger charge is 2.03. The minimum absolute atomic E-state index is 0.0889. The molecule has 0 saturated carbocycles. The summed E-state index contributed by atoms with van der Waals surface area (Å²) in [6.45, 7) is 2.02. The minimum atomic E-state index is 0.0889. The van der Waals surface area contributed by atoms with Gasteiger partial charge in [-0.1, -0.05) is 0 Å². The summed E-state index contributed by atoms with van der Waals surface area (Å²) in [6.07, 6.45) is 0. The van der Waals surface area contributed by atoms with Gasteiger partial charge in [0.1, 0.15) is 11.5 Å². The number of hydrogen-bond acceptors (Lipinski definition) is 3. The van der Waals surface area contributed by atoms with Crippen molar-refractivity contribution in [3.05, 3.63) is 35.2 Å². The van der Waals surface area contributed by atoms with Crippen molar-refractivity contribution in [2.75, 3.05) is 0 Å². The predicted octanol–water partition coefficient (Wildman–Crippen LogP) is 3.13. The van der Waals surface area contributed by atoms with Gasteiger partial charge in [-0.15, -0.1) is 11.3 Å². The Labute approximate surface area is 86.1 Å². The molecule has 0 aliphatic carbocycles. The van der Waals surface area contributed by atoms with Gasteiger partial charge in [-0.25, -0.2) is 0 Å². The fourth-order valence-corrected chi connectivity index (χ4v) is 2.18. The first kappa shape index (κ1) is 9.09. The van der Waals surface area contributed by atoms with E-state index in [2.05, 4.69) is 0 Å². The van der Waals surface area contributed by atoms with Crippen LogP contribution in [0.3, 0.4) is 0 Å². The summed E-state index contributed by atoms with van der Waals surface area (Å²) in [6, 6.07) is 8.61. The van der Waals surface area contributed by atoms with Crippen LogP contribution in [0.25, 0.3) is 10.4 Å². The van der Waals surface area contributed by atoms with E-state index >= 15 is 0 Å². The van der Waals surface area contributed by atoms with E-state index in [0.29, 0.717) is 0 Å². The highest BCUT2D eigenvalue weighted by atomic mass is 32.1. The van der Waals surface area contributed by atoms with Crippen LogP contribution in [0.1, 0.15) is 4.88 Å². The standard InChI is InChI=1S/C11H10O2S/c1-7-2-3-11(14-7)8-4-9(12)6-10(13)5-8/h2-6,12-13H,1H3. The molecule has 0 aliphatic rings. The van der Waals surface area contributed by atoms with Gasteiger partial charge in [0.25, 0.3) is 0 Å². The average molecular weight is 206 g/mol. The summed E-state index contributed by atoms with van der Waals surface area (Å²) in [4.78, 5) is 2.26. The summed E-state index contributed by atoms with van der Waals surface area (Å²) in [5.41, 5.74) is 0.848. The molecule has 2 rings (SSSR count). The highest BCUT2D eigenvalue weighted by Crippen LogP contribution is 2.32. The van der Waals surface area contributed by atoms with Crippen molar-refractivity contribution in [3.8, 4) is 21.9 Å². The summed E-state index contributed by atoms with van der Waals surface area (Å²) >= 11 is 1.64. The molecular weight excluding hydrogens is 196 g/mol. The molecule has 14 heavy (non-hydrogen) atoms. The molecule has 0 radical (unpaired) electrons. The number of hydrogen-bond donors (Lipinski definition) is 2. The number of thiophene rings is 1. The van der Waals surface area contributed by atoms with E-state index < -0.39 is 0 Å².